The first-order chi connectivity index (χ1) is 10.1. The fourth-order valence-electron chi connectivity index (χ4n) is 3.16. The molecule has 1 aliphatic heterocycles. The highest BCUT2D eigenvalue weighted by Crippen LogP contribution is 2.30. The number of benzene rings is 1. The lowest BCUT2D eigenvalue weighted by molar-refractivity contribution is -0.132. The normalized spacial score (nSPS) is 20.5. The van der Waals surface area contributed by atoms with Crippen molar-refractivity contribution in [3.63, 3.8) is 0 Å². The molecule has 1 unspecified atom stereocenters. The molecular formula is C18H27ClN2O. The van der Waals surface area contributed by atoms with E-state index in [1.807, 2.05) is 0 Å². The van der Waals surface area contributed by atoms with Crippen LogP contribution in [0, 0.1) is 13.8 Å². The third kappa shape index (κ3) is 4.23. The van der Waals surface area contributed by atoms with Gasteiger partial charge in [0.05, 0.1) is 0 Å². The number of hydrogen-bond acceptors (Lipinski definition) is 2. The van der Waals surface area contributed by atoms with Crippen molar-refractivity contribution in [2.45, 2.75) is 64.6 Å². The van der Waals surface area contributed by atoms with Gasteiger partial charge < -0.3 is 10.2 Å². The Labute approximate surface area is 139 Å². The molecule has 0 radical (unpaired) electrons. The number of carbonyl (C=O) groups is 1. The highest BCUT2D eigenvalue weighted by molar-refractivity contribution is 5.85. The fraction of sp³-hybridized carbons (Fsp3) is 0.611. The van der Waals surface area contributed by atoms with Gasteiger partial charge in [-0.3, -0.25) is 4.79 Å². The molecule has 1 N–H and O–H groups in total. The van der Waals surface area contributed by atoms with Gasteiger partial charge in [0.15, 0.2) is 0 Å². The van der Waals surface area contributed by atoms with E-state index in [0.29, 0.717) is 24.4 Å². The number of rotatable bonds is 5. The summed E-state index contributed by atoms with van der Waals surface area (Å²) in [5.41, 5.74) is 3.89. The van der Waals surface area contributed by atoms with E-state index in [1.165, 1.54) is 36.0 Å². The molecule has 4 heteroatoms. The first kappa shape index (κ1) is 17.3. The summed E-state index contributed by atoms with van der Waals surface area (Å²) < 4.78 is 0. The molecule has 122 valence electrons. The first-order valence-corrected chi connectivity index (χ1v) is 8.22. The van der Waals surface area contributed by atoms with E-state index >= 15 is 0 Å². The minimum Gasteiger partial charge on any atom is -0.335 e. The third-order valence-corrected chi connectivity index (χ3v) is 4.82. The Balaban J connectivity index is 0.00000176. The van der Waals surface area contributed by atoms with Gasteiger partial charge in [-0.1, -0.05) is 18.2 Å². The molecule has 1 amide bonds. The van der Waals surface area contributed by atoms with E-state index in [9.17, 15) is 4.79 Å². The summed E-state index contributed by atoms with van der Waals surface area (Å²) >= 11 is 0. The Morgan fingerprint density at radius 3 is 2.59 bits per heavy atom. The summed E-state index contributed by atoms with van der Waals surface area (Å²) in [4.78, 5) is 14.7. The van der Waals surface area contributed by atoms with Crippen LogP contribution in [-0.2, 0) is 11.3 Å². The topological polar surface area (TPSA) is 32.3 Å². The van der Waals surface area contributed by atoms with Crippen LogP contribution in [0.4, 0.5) is 0 Å². The van der Waals surface area contributed by atoms with Gasteiger partial charge in [0.1, 0.15) is 0 Å². The van der Waals surface area contributed by atoms with Gasteiger partial charge in [-0.25, -0.2) is 0 Å². The quantitative estimate of drug-likeness (QED) is 0.901. The molecule has 0 spiro atoms. The van der Waals surface area contributed by atoms with Crippen molar-refractivity contribution in [3.05, 3.63) is 34.9 Å². The second kappa shape index (κ2) is 7.47. The molecule has 0 aromatic heterocycles. The Morgan fingerprint density at radius 2 is 2.00 bits per heavy atom. The molecule has 0 bridgehead atoms. The smallest absolute Gasteiger partial charge is 0.224 e. The van der Waals surface area contributed by atoms with Gasteiger partial charge in [-0.15, -0.1) is 12.4 Å². The summed E-state index contributed by atoms with van der Waals surface area (Å²) in [6.07, 6.45) is 5.37. The highest BCUT2D eigenvalue weighted by Gasteiger charge is 2.33. The largest absolute Gasteiger partial charge is 0.335 e. The summed E-state index contributed by atoms with van der Waals surface area (Å²) in [5.74, 6) is 0.329. The maximum absolute atomic E-state index is 12.6. The maximum Gasteiger partial charge on any atom is 0.224 e. The molecular weight excluding hydrogens is 296 g/mol. The van der Waals surface area contributed by atoms with Crippen molar-refractivity contribution in [1.82, 2.24) is 10.2 Å². The number of nitrogens with one attached hydrogen (secondary N) is 1. The number of aryl methyl sites for hydroxylation is 2. The van der Waals surface area contributed by atoms with Crippen LogP contribution in [0.1, 0.15) is 48.8 Å². The lowest BCUT2D eigenvalue weighted by Crippen LogP contribution is -2.37. The monoisotopic (exact) mass is 322 g/mol. The van der Waals surface area contributed by atoms with E-state index < -0.39 is 0 Å². The van der Waals surface area contributed by atoms with Crippen LogP contribution in [0.2, 0.25) is 0 Å². The number of halogens is 1. The van der Waals surface area contributed by atoms with E-state index in [2.05, 4.69) is 42.3 Å². The zero-order valence-corrected chi connectivity index (χ0v) is 14.4. The molecule has 2 fully saturated rings. The number of carbonyl (C=O) groups excluding carboxylic acids is 1. The second-order valence-electron chi connectivity index (χ2n) is 6.67. The van der Waals surface area contributed by atoms with Gasteiger partial charge in [0, 0.05) is 25.0 Å². The lowest BCUT2D eigenvalue weighted by Gasteiger charge is -2.24. The van der Waals surface area contributed by atoms with Gasteiger partial charge in [-0.2, -0.15) is 0 Å². The van der Waals surface area contributed by atoms with E-state index in [0.717, 1.165) is 19.5 Å². The summed E-state index contributed by atoms with van der Waals surface area (Å²) in [5, 5.41) is 3.43. The van der Waals surface area contributed by atoms with Crippen molar-refractivity contribution in [3.8, 4) is 0 Å². The highest BCUT2D eigenvalue weighted by atomic mass is 35.5. The molecule has 3 rings (SSSR count). The van der Waals surface area contributed by atoms with Gasteiger partial charge in [0.25, 0.3) is 0 Å². The average Bonchev–Trinajstić information content (AvgIpc) is 3.17. The van der Waals surface area contributed by atoms with Gasteiger partial charge >= 0.3 is 0 Å². The minimum absolute atomic E-state index is 0. The molecule has 22 heavy (non-hydrogen) atoms. The number of hydrogen-bond donors (Lipinski definition) is 1. The van der Waals surface area contributed by atoms with Crippen LogP contribution < -0.4 is 5.32 Å². The van der Waals surface area contributed by atoms with Crippen molar-refractivity contribution >= 4 is 18.3 Å². The molecule has 1 aromatic rings. The second-order valence-corrected chi connectivity index (χ2v) is 6.67. The SMILES string of the molecule is Cc1ccc(CN(C(=O)CC2CCCN2)C2CC2)cc1C.Cl. The Morgan fingerprint density at radius 1 is 1.23 bits per heavy atom. The summed E-state index contributed by atoms with van der Waals surface area (Å²) in [7, 11) is 0. The predicted molar refractivity (Wildman–Crippen MR) is 92.4 cm³/mol. The summed E-state index contributed by atoms with van der Waals surface area (Å²) in [6, 6.07) is 7.45. The third-order valence-electron chi connectivity index (χ3n) is 4.82. The molecule has 1 aliphatic carbocycles. The Kier molecular flexibility index (Phi) is 5.87. The molecule has 1 atom stereocenters. The Hall–Kier alpha value is -1.06. The average molecular weight is 323 g/mol. The van der Waals surface area contributed by atoms with E-state index in [1.54, 1.807) is 0 Å². The van der Waals surface area contributed by atoms with Crippen molar-refractivity contribution in [1.29, 1.82) is 0 Å². The maximum atomic E-state index is 12.6. The van der Waals surface area contributed by atoms with Crippen LogP contribution in [0.25, 0.3) is 0 Å². The minimum atomic E-state index is 0. The Bertz CT molecular complexity index is 522. The first-order valence-electron chi connectivity index (χ1n) is 8.22. The summed E-state index contributed by atoms with van der Waals surface area (Å²) in [6.45, 7) is 6.12. The molecule has 2 aliphatic rings. The zero-order chi connectivity index (χ0) is 14.8. The van der Waals surface area contributed by atoms with Crippen molar-refractivity contribution < 1.29 is 4.79 Å². The number of nitrogens with zero attached hydrogens (tertiary/aromatic N) is 1. The lowest BCUT2D eigenvalue weighted by atomic mass is 10.1. The van der Waals surface area contributed by atoms with Crippen LogP contribution in [-0.4, -0.2) is 29.4 Å². The standard InChI is InChI=1S/C18H26N2O.ClH/c1-13-5-6-15(10-14(13)2)12-20(17-7-8-17)18(21)11-16-4-3-9-19-16;/h5-6,10,16-17,19H,3-4,7-9,11-12H2,1-2H3;1H. The van der Waals surface area contributed by atoms with Crippen LogP contribution >= 0.6 is 12.4 Å². The van der Waals surface area contributed by atoms with Crippen molar-refractivity contribution in [2.24, 2.45) is 0 Å². The van der Waals surface area contributed by atoms with Gasteiger partial charge in [0.2, 0.25) is 5.91 Å². The zero-order valence-electron chi connectivity index (χ0n) is 13.6. The van der Waals surface area contributed by atoms with Crippen LogP contribution in [0.3, 0.4) is 0 Å². The van der Waals surface area contributed by atoms with E-state index in [-0.39, 0.29) is 12.4 Å². The van der Waals surface area contributed by atoms with Crippen LogP contribution in [0.15, 0.2) is 18.2 Å². The fourth-order valence-corrected chi connectivity index (χ4v) is 3.16. The molecule has 1 heterocycles. The molecule has 3 nitrogen and oxygen atoms in total. The van der Waals surface area contributed by atoms with Crippen LogP contribution in [0.5, 0.6) is 0 Å². The van der Waals surface area contributed by atoms with Crippen molar-refractivity contribution in [2.75, 3.05) is 6.54 Å². The molecule has 1 aromatic carbocycles. The number of amides is 1. The molecule has 1 saturated heterocycles. The molecule has 1 saturated carbocycles. The van der Waals surface area contributed by atoms with E-state index in [4.69, 9.17) is 0 Å². The van der Waals surface area contributed by atoms with Gasteiger partial charge in [-0.05, 0) is 62.8 Å². The predicted octanol–water partition coefficient (Wildman–Crippen LogP) is 3.36.